The molecule has 4 nitrogen and oxygen atoms in total. The van der Waals surface area contributed by atoms with Gasteiger partial charge in [0, 0.05) is 39.6 Å². The first-order valence-electron chi connectivity index (χ1n) is 6.43. The first kappa shape index (κ1) is 15.7. The monoisotopic (exact) mass is 282 g/mol. The van der Waals surface area contributed by atoms with Gasteiger partial charge in [0.25, 0.3) is 0 Å². The van der Waals surface area contributed by atoms with Crippen LogP contribution in [-0.2, 0) is 15.6 Å². The number of aryl methyl sites for hydroxylation is 1. The van der Waals surface area contributed by atoms with Crippen LogP contribution in [0.5, 0.6) is 0 Å². The maximum atomic E-state index is 11.8. The lowest BCUT2D eigenvalue weighted by Gasteiger charge is -2.09. The number of nitrogens with two attached hydrogens (primary N) is 1. The first-order chi connectivity index (χ1) is 8.90. The smallest absolute Gasteiger partial charge is 0.224 e. The van der Waals surface area contributed by atoms with Gasteiger partial charge in [0.05, 0.1) is 0 Å². The largest absolute Gasteiger partial charge is 0.399 e. The number of benzene rings is 1. The Labute approximate surface area is 117 Å². The van der Waals surface area contributed by atoms with Crippen molar-refractivity contribution in [3.63, 3.8) is 0 Å². The zero-order valence-electron chi connectivity index (χ0n) is 11.7. The molecule has 0 spiro atoms. The lowest BCUT2D eigenvalue weighted by molar-refractivity contribution is -0.116. The first-order valence-corrected chi connectivity index (χ1v) is 7.81. The van der Waals surface area contributed by atoms with E-state index >= 15 is 0 Å². The Kier molecular flexibility index (Phi) is 6.02. The highest BCUT2D eigenvalue weighted by Crippen LogP contribution is 2.18. The fraction of sp³-hybridized carbons (Fsp3) is 0.500. The van der Waals surface area contributed by atoms with Crippen molar-refractivity contribution in [1.29, 1.82) is 0 Å². The second kappa shape index (κ2) is 7.28. The number of amides is 1. The van der Waals surface area contributed by atoms with Crippen LogP contribution in [0.3, 0.4) is 0 Å². The molecular formula is C14H22N2O2S. The van der Waals surface area contributed by atoms with Crippen LogP contribution in [0.1, 0.15) is 32.3 Å². The van der Waals surface area contributed by atoms with Crippen LogP contribution >= 0.6 is 0 Å². The van der Waals surface area contributed by atoms with Gasteiger partial charge in [-0.2, -0.15) is 0 Å². The normalized spacial score (nSPS) is 12.4. The summed E-state index contributed by atoms with van der Waals surface area (Å²) in [5, 5.41) is 2.99. The SMILES string of the molecule is Cc1ccc(N)cc1NC(=O)CCCS(=O)C(C)C. The molecule has 0 saturated heterocycles. The molecule has 0 saturated carbocycles. The van der Waals surface area contributed by atoms with E-state index in [0.717, 1.165) is 11.3 Å². The molecule has 3 N–H and O–H groups in total. The van der Waals surface area contributed by atoms with Gasteiger partial charge in [0.2, 0.25) is 5.91 Å². The third-order valence-electron chi connectivity index (χ3n) is 2.81. The molecule has 0 aliphatic carbocycles. The van der Waals surface area contributed by atoms with Crippen LogP contribution < -0.4 is 11.1 Å². The third-order valence-corrected chi connectivity index (χ3v) is 4.55. The van der Waals surface area contributed by atoms with E-state index in [0.29, 0.717) is 24.3 Å². The van der Waals surface area contributed by atoms with Crippen LogP contribution in [0.25, 0.3) is 0 Å². The van der Waals surface area contributed by atoms with E-state index in [2.05, 4.69) is 5.32 Å². The van der Waals surface area contributed by atoms with Gasteiger partial charge < -0.3 is 11.1 Å². The quantitative estimate of drug-likeness (QED) is 0.787. The van der Waals surface area contributed by atoms with Crippen molar-refractivity contribution in [2.24, 2.45) is 0 Å². The van der Waals surface area contributed by atoms with Gasteiger partial charge in [0.15, 0.2) is 0 Å². The maximum absolute atomic E-state index is 11.8. The summed E-state index contributed by atoms with van der Waals surface area (Å²) in [6.07, 6.45) is 1.02. The number of hydrogen-bond acceptors (Lipinski definition) is 3. The van der Waals surface area contributed by atoms with Crippen LogP contribution in [0, 0.1) is 6.92 Å². The lowest BCUT2D eigenvalue weighted by Crippen LogP contribution is -2.15. The van der Waals surface area contributed by atoms with Crippen molar-refractivity contribution in [3.05, 3.63) is 23.8 Å². The fourth-order valence-electron chi connectivity index (χ4n) is 1.60. The van der Waals surface area contributed by atoms with Crippen LogP contribution in [-0.4, -0.2) is 21.1 Å². The van der Waals surface area contributed by atoms with E-state index in [1.54, 1.807) is 12.1 Å². The summed E-state index contributed by atoms with van der Waals surface area (Å²) in [6, 6.07) is 5.43. The van der Waals surface area contributed by atoms with Gasteiger partial charge in [0.1, 0.15) is 0 Å². The molecule has 0 aromatic heterocycles. The van der Waals surface area contributed by atoms with E-state index in [9.17, 15) is 9.00 Å². The second-order valence-electron chi connectivity index (χ2n) is 4.86. The van der Waals surface area contributed by atoms with Gasteiger partial charge in [-0.3, -0.25) is 9.00 Å². The minimum Gasteiger partial charge on any atom is -0.399 e. The summed E-state index contributed by atoms with van der Waals surface area (Å²) < 4.78 is 11.5. The number of hydrogen-bond donors (Lipinski definition) is 2. The number of anilines is 2. The highest BCUT2D eigenvalue weighted by Gasteiger charge is 2.08. The van der Waals surface area contributed by atoms with Crippen molar-refractivity contribution in [3.8, 4) is 0 Å². The van der Waals surface area contributed by atoms with Gasteiger partial charge in [-0.1, -0.05) is 19.9 Å². The van der Waals surface area contributed by atoms with Crippen LogP contribution in [0.4, 0.5) is 11.4 Å². The van der Waals surface area contributed by atoms with E-state index in [-0.39, 0.29) is 11.2 Å². The van der Waals surface area contributed by atoms with Crippen molar-refractivity contribution >= 4 is 28.1 Å². The number of rotatable bonds is 6. The summed E-state index contributed by atoms with van der Waals surface area (Å²) in [7, 11) is -0.843. The molecule has 19 heavy (non-hydrogen) atoms. The number of carbonyl (C=O) groups excluding carboxylic acids is 1. The maximum Gasteiger partial charge on any atom is 0.224 e. The Morgan fingerprint density at radius 1 is 1.42 bits per heavy atom. The third kappa shape index (κ3) is 5.42. The topological polar surface area (TPSA) is 72.2 Å². The summed E-state index contributed by atoms with van der Waals surface area (Å²) >= 11 is 0. The predicted molar refractivity (Wildman–Crippen MR) is 81.6 cm³/mol. The molecule has 0 radical (unpaired) electrons. The molecule has 0 aliphatic rings. The molecule has 1 aromatic carbocycles. The highest BCUT2D eigenvalue weighted by atomic mass is 32.2. The molecule has 1 atom stereocenters. The zero-order chi connectivity index (χ0) is 14.4. The van der Waals surface area contributed by atoms with E-state index < -0.39 is 10.8 Å². The Morgan fingerprint density at radius 2 is 2.11 bits per heavy atom. The van der Waals surface area contributed by atoms with Crippen molar-refractivity contribution in [2.75, 3.05) is 16.8 Å². The van der Waals surface area contributed by atoms with Gasteiger partial charge in [-0.25, -0.2) is 0 Å². The van der Waals surface area contributed by atoms with Crippen LogP contribution in [0.2, 0.25) is 0 Å². The molecule has 5 heteroatoms. The van der Waals surface area contributed by atoms with Gasteiger partial charge >= 0.3 is 0 Å². The number of carbonyl (C=O) groups is 1. The number of nitrogens with one attached hydrogen (secondary N) is 1. The molecule has 106 valence electrons. The van der Waals surface area contributed by atoms with Crippen molar-refractivity contribution < 1.29 is 9.00 Å². The lowest BCUT2D eigenvalue weighted by atomic mass is 10.1. The van der Waals surface area contributed by atoms with Gasteiger partial charge in [-0.15, -0.1) is 0 Å². The minimum absolute atomic E-state index is 0.0607. The van der Waals surface area contributed by atoms with Crippen molar-refractivity contribution in [1.82, 2.24) is 0 Å². The van der Waals surface area contributed by atoms with Gasteiger partial charge in [-0.05, 0) is 31.0 Å². The molecule has 0 heterocycles. The second-order valence-corrected chi connectivity index (χ2v) is 6.97. The molecule has 1 aromatic rings. The van der Waals surface area contributed by atoms with Crippen molar-refractivity contribution in [2.45, 2.75) is 38.9 Å². The molecule has 1 amide bonds. The fourth-order valence-corrected chi connectivity index (χ4v) is 2.50. The Hall–Kier alpha value is -1.36. The molecule has 1 unspecified atom stereocenters. The molecule has 0 bridgehead atoms. The summed E-state index contributed by atoms with van der Waals surface area (Å²) in [6.45, 7) is 5.77. The highest BCUT2D eigenvalue weighted by molar-refractivity contribution is 7.85. The van der Waals surface area contributed by atoms with E-state index in [1.807, 2.05) is 26.8 Å². The summed E-state index contributed by atoms with van der Waals surface area (Å²) in [4.78, 5) is 11.8. The average Bonchev–Trinajstić information content (AvgIpc) is 2.33. The summed E-state index contributed by atoms with van der Waals surface area (Å²) in [5.74, 6) is 0.510. The standard InChI is InChI=1S/C14H22N2O2S/c1-10(2)19(18)8-4-5-14(17)16-13-9-12(15)7-6-11(13)3/h6-7,9-10H,4-5,8,15H2,1-3H3,(H,16,17). The summed E-state index contributed by atoms with van der Waals surface area (Å²) in [5.41, 5.74) is 8.04. The Bertz CT molecular complexity index is 473. The Balaban J connectivity index is 2.43. The molecular weight excluding hydrogens is 260 g/mol. The molecule has 0 aliphatic heterocycles. The predicted octanol–water partition coefficient (Wildman–Crippen LogP) is 2.45. The van der Waals surface area contributed by atoms with Crippen LogP contribution in [0.15, 0.2) is 18.2 Å². The average molecular weight is 282 g/mol. The zero-order valence-corrected chi connectivity index (χ0v) is 12.5. The van der Waals surface area contributed by atoms with E-state index in [1.165, 1.54) is 0 Å². The number of nitrogen functional groups attached to an aromatic ring is 1. The van der Waals surface area contributed by atoms with E-state index in [4.69, 9.17) is 5.73 Å². The molecule has 1 rings (SSSR count). The Morgan fingerprint density at radius 3 is 2.74 bits per heavy atom. The molecule has 0 fully saturated rings. The minimum atomic E-state index is -0.843.